The highest BCUT2D eigenvalue weighted by molar-refractivity contribution is 6.17. The number of nitrogens with zero attached hydrogens (tertiary/aromatic N) is 2. The summed E-state index contributed by atoms with van der Waals surface area (Å²) in [4.78, 5) is 4.23. The molecule has 0 fully saturated rings. The molecule has 0 heterocycles. The number of hydrogen-bond donors (Lipinski definition) is 1. The van der Waals surface area contributed by atoms with Crippen LogP contribution in [0.2, 0.25) is 0 Å². The van der Waals surface area contributed by atoms with Crippen molar-refractivity contribution in [2.24, 2.45) is 4.99 Å². The summed E-state index contributed by atoms with van der Waals surface area (Å²) < 4.78 is 0. The Kier molecular flexibility index (Phi) is 10.6. The van der Waals surface area contributed by atoms with Crippen molar-refractivity contribution >= 4 is 18.3 Å². The molecule has 0 bridgehead atoms. The zero-order chi connectivity index (χ0) is 25.1. The van der Waals surface area contributed by atoms with Gasteiger partial charge in [0.2, 0.25) is 0 Å². The molecule has 0 aliphatic heterocycles. The lowest BCUT2D eigenvalue weighted by Gasteiger charge is -2.28. The Morgan fingerprint density at radius 3 is 2.41 bits per heavy atom. The van der Waals surface area contributed by atoms with Crippen LogP contribution in [-0.2, 0) is 24.7 Å². The van der Waals surface area contributed by atoms with Crippen LogP contribution in [0.5, 0.6) is 0 Å². The van der Waals surface area contributed by atoms with E-state index in [0.29, 0.717) is 5.88 Å². The Bertz CT molecular complexity index is 1070. The summed E-state index contributed by atoms with van der Waals surface area (Å²) in [5.41, 5.74) is 8.62. The van der Waals surface area contributed by atoms with E-state index in [2.05, 4.69) is 80.3 Å². The molecule has 2 aromatic rings. The highest BCUT2D eigenvalue weighted by Crippen LogP contribution is 2.34. The second kappa shape index (κ2) is 13.2. The third-order valence-electron chi connectivity index (χ3n) is 6.56. The van der Waals surface area contributed by atoms with Crippen LogP contribution in [0.25, 0.3) is 0 Å². The molecule has 2 aromatic carbocycles. The summed E-state index contributed by atoms with van der Waals surface area (Å²) in [6.07, 6.45) is 8.38. The molecule has 1 N–H and O–H groups in total. The Morgan fingerprint density at radius 1 is 1.18 bits per heavy atom. The van der Waals surface area contributed by atoms with Gasteiger partial charge in [-0.2, -0.15) is 5.26 Å². The van der Waals surface area contributed by atoms with E-state index in [9.17, 15) is 5.26 Å². The molecular weight excluding hydrogens is 438 g/mol. The van der Waals surface area contributed by atoms with Crippen LogP contribution < -0.4 is 5.32 Å². The van der Waals surface area contributed by atoms with Gasteiger partial charge in [-0.05, 0) is 85.7 Å². The maximum absolute atomic E-state index is 9.84. The average molecular weight is 476 g/mol. The van der Waals surface area contributed by atoms with Crippen LogP contribution in [0.15, 0.2) is 64.9 Å². The van der Waals surface area contributed by atoms with E-state index in [4.69, 9.17) is 11.6 Å². The van der Waals surface area contributed by atoms with E-state index < -0.39 is 0 Å². The number of nitrogens with one attached hydrogen (secondary N) is 1. The van der Waals surface area contributed by atoms with Crippen LogP contribution in [0, 0.1) is 11.3 Å². The lowest BCUT2D eigenvalue weighted by atomic mass is 9.75. The fourth-order valence-electron chi connectivity index (χ4n) is 4.35. The molecule has 4 heteroatoms. The molecule has 2 rings (SSSR count). The fraction of sp³-hybridized carbons (Fsp3) is 0.400. The summed E-state index contributed by atoms with van der Waals surface area (Å²) in [5.74, 6) is 0.610. The van der Waals surface area contributed by atoms with Gasteiger partial charge in [0.25, 0.3) is 0 Å². The molecule has 0 amide bonds. The van der Waals surface area contributed by atoms with E-state index in [1.807, 2.05) is 26.1 Å². The van der Waals surface area contributed by atoms with Gasteiger partial charge in [0.1, 0.15) is 0 Å². The van der Waals surface area contributed by atoms with Crippen LogP contribution in [0.1, 0.15) is 73.9 Å². The standard InChI is InChI=1S/C30H38ClN3/c1-7-10-28(33-5)29(34-6)17-14-22-12-15-25(16-13-22)30(3,4)26-19-23(8-2)27(11-9-18-31)24(20-26)21-32/h7,10,12-13,15-16,19-20,33H,6,8-9,11,14,17-18H2,1-5H3/b10-7-,29-28+. The third kappa shape index (κ3) is 6.61. The first kappa shape index (κ1) is 27.4. The van der Waals surface area contributed by atoms with Gasteiger partial charge in [0.15, 0.2) is 0 Å². The first-order valence-electron chi connectivity index (χ1n) is 12.1. The maximum atomic E-state index is 9.84. The summed E-state index contributed by atoms with van der Waals surface area (Å²) in [6.45, 7) is 12.4. The first-order chi connectivity index (χ1) is 16.4. The number of aryl methyl sites for hydroxylation is 2. The predicted octanol–water partition coefficient (Wildman–Crippen LogP) is 7.26. The van der Waals surface area contributed by atoms with Crippen molar-refractivity contribution in [3.63, 3.8) is 0 Å². The molecule has 180 valence electrons. The van der Waals surface area contributed by atoms with Gasteiger partial charge in [-0.1, -0.05) is 57.2 Å². The van der Waals surface area contributed by atoms with Crippen molar-refractivity contribution in [1.82, 2.24) is 5.32 Å². The first-order valence-corrected chi connectivity index (χ1v) is 12.6. The Morgan fingerprint density at radius 2 is 1.88 bits per heavy atom. The molecule has 3 nitrogen and oxygen atoms in total. The van der Waals surface area contributed by atoms with Crippen molar-refractivity contribution < 1.29 is 0 Å². The van der Waals surface area contributed by atoms with E-state index >= 15 is 0 Å². The van der Waals surface area contributed by atoms with Gasteiger partial charge in [-0.15, -0.1) is 11.6 Å². The highest BCUT2D eigenvalue weighted by Gasteiger charge is 2.25. The zero-order valence-electron chi connectivity index (χ0n) is 21.3. The quantitative estimate of drug-likeness (QED) is 0.199. The molecule has 0 aromatic heterocycles. The summed E-state index contributed by atoms with van der Waals surface area (Å²) >= 11 is 5.92. The van der Waals surface area contributed by atoms with Gasteiger partial charge in [0, 0.05) is 18.3 Å². The van der Waals surface area contributed by atoms with E-state index in [-0.39, 0.29) is 5.41 Å². The summed E-state index contributed by atoms with van der Waals surface area (Å²) in [5, 5.41) is 13.0. The van der Waals surface area contributed by atoms with E-state index in [0.717, 1.165) is 54.6 Å². The second-order valence-electron chi connectivity index (χ2n) is 9.01. The molecule has 0 spiro atoms. The number of aliphatic imine (C=N–C) groups is 1. The second-order valence-corrected chi connectivity index (χ2v) is 9.39. The van der Waals surface area contributed by atoms with Crippen LogP contribution in [0.3, 0.4) is 0 Å². The molecular formula is C30H38ClN3. The topological polar surface area (TPSA) is 48.2 Å². The summed E-state index contributed by atoms with van der Waals surface area (Å²) in [6, 6.07) is 15.6. The van der Waals surface area contributed by atoms with Crippen molar-refractivity contribution in [2.45, 2.75) is 65.2 Å². The molecule has 0 aliphatic carbocycles. The number of halogens is 1. The number of benzene rings is 2. The monoisotopic (exact) mass is 475 g/mol. The van der Waals surface area contributed by atoms with Gasteiger partial charge >= 0.3 is 0 Å². The predicted molar refractivity (Wildman–Crippen MR) is 147 cm³/mol. The van der Waals surface area contributed by atoms with Crippen LogP contribution >= 0.6 is 11.6 Å². The Labute approximate surface area is 211 Å². The largest absolute Gasteiger partial charge is 0.387 e. The lowest BCUT2D eigenvalue weighted by Crippen LogP contribution is -2.20. The van der Waals surface area contributed by atoms with Crippen molar-refractivity contribution in [2.75, 3.05) is 12.9 Å². The van der Waals surface area contributed by atoms with Crippen LogP contribution in [-0.4, -0.2) is 19.6 Å². The van der Waals surface area contributed by atoms with Gasteiger partial charge in [-0.3, -0.25) is 4.99 Å². The Balaban J connectivity index is 2.31. The van der Waals surface area contributed by atoms with Gasteiger partial charge < -0.3 is 5.32 Å². The molecule has 0 atom stereocenters. The smallest absolute Gasteiger partial charge is 0.0994 e. The number of likely N-dealkylation sites (N-methyl/N-ethyl adjacent to an activating group) is 1. The SMILES string of the molecule is C=N/C(CCc1ccc(C(C)(C)c2cc(C#N)c(CCCCl)c(CC)c2)cc1)=C(\C=C/C)NC. The number of alkyl halides is 1. The van der Waals surface area contributed by atoms with E-state index in [1.165, 1.54) is 22.3 Å². The number of hydrogen-bond acceptors (Lipinski definition) is 3. The normalized spacial score (nSPS) is 12.4. The van der Waals surface area contributed by atoms with Crippen molar-refractivity contribution in [3.05, 3.63) is 93.3 Å². The zero-order valence-corrected chi connectivity index (χ0v) is 22.1. The average Bonchev–Trinajstić information content (AvgIpc) is 2.86. The van der Waals surface area contributed by atoms with Gasteiger partial charge in [0.05, 0.1) is 23.0 Å². The molecule has 0 saturated heterocycles. The minimum absolute atomic E-state index is 0.210. The molecule has 0 radical (unpaired) electrons. The Hall–Kier alpha value is -2.83. The van der Waals surface area contributed by atoms with Crippen molar-refractivity contribution in [3.8, 4) is 6.07 Å². The number of allylic oxidation sites excluding steroid dienone is 3. The molecule has 0 aliphatic rings. The molecule has 0 unspecified atom stereocenters. The minimum atomic E-state index is -0.210. The maximum Gasteiger partial charge on any atom is 0.0994 e. The number of rotatable bonds is 12. The fourth-order valence-corrected chi connectivity index (χ4v) is 4.49. The minimum Gasteiger partial charge on any atom is -0.387 e. The van der Waals surface area contributed by atoms with Crippen LogP contribution in [0.4, 0.5) is 0 Å². The molecule has 34 heavy (non-hydrogen) atoms. The number of nitriles is 1. The highest BCUT2D eigenvalue weighted by atomic mass is 35.5. The summed E-state index contributed by atoms with van der Waals surface area (Å²) in [7, 11) is 1.91. The molecule has 0 saturated carbocycles. The lowest BCUT2D eigenvalue weighted by molar-refractivity contribution is 0.638. The van der Waals surface area contributed by atoms with Crippen molar-refractivity contribution in [1.29, 1.82) is 5.26 Å². The third-order valence-corrected chi connectivity index (χ3v) is 6.82. The van der Waals surface area contributed by atoms with Gasteiger partial charge in [-0.25, -0.2) is 0 Å². The van der Waals surface area contributed by atoms with E-state index in [1.54, 1.807) is 0 Å².